The zero-order valence-corrected chi connectivity index (χ0v) is 18.8. The summed E-state index contributed by atoms with van der Waals surface area (Å²) in [4.78, 5) is 16.3. The molecule has 2 N–H and O–H groups in total. The first-order valence-corrected chi connectivity index (χ1v) is 10.5. The van der Waals surface area contributed by atoms with Crippen molar-refractivity contribution in [2.45, 2.75) is 5.54 Å². The van der Waals surface area contributed by atoms with Gasteiger partial charge in [-0.2, -0.15) is 0 Å². The molecule has 0 amide bonds. The third kappa shape index (κ3) is 3.82. The molecule has 4 rings (SSSR count). The summed E-state index contributed by atoms with van der Waals surface area (Å²) in [5.41, 5.74) is 0.355. The molecule has 0 bridgehead atoms. The lowest BCUT2D eigenvalue weighted by atomic mass is 9.76. The van der Waals surface area contributed by atoms with Crippen LogP contribution in [0.15, 0.2) is 97.2 Å². The topological polar surface area (TPSA) is 92.1 Å². The van der Waals surface area contributed by atoms with E-state index in [1.807, 2.05) is 60.7 Å². The molecule has 0 aliphatic rings. The SMILES string of the molecule is COc1ccc(C(c2ccccc2)(c2ccccc2)N(O)c2ncccc2C(=O)O)c(OC)c1. The maximum absolute atomic E-state index is 12.1. The molecule has 7 nitrogen and oxygen atoms in total. The van der Waals surface area contributed by atoms with Crippen molar-refractivity contribution >= 4 is 11.8 Å². The largest absolute Gasteiger partial charge is 0.497 e. The second kappa shape index (κ2) is 9.64. The lowest BCUT2D eigenvalue weighted by molar-refractivity contribution is 0.0693. The minimum absolute atomic E-state index is 0.111. The number of carboxylic acids is 1. The Morgan fingerprint density at radius 1 is 0.853 bits per heavy atom. The summed E-state index contributed by atoms with van der Waals surface area (Å²) in [6, 6.07) is 26.8. The molecule has 0 fully saturated rings. The molecule has 34 heavy (non-hydrogen) atoms. The van der Waals surface area contributed by atoms with Crippen LogP contribution in [0.5, 0.6) is 11.5 Å². The van der Waals surface area contributed by atoms with E-state index in [0.717, 1.165) is 5.06 Å². The van der Waals surface area contributed by atoms with Gasteiger partial charge in [-0.3, -0.25) is 5.21 Å². The highest BCUT2D eigenvalue weighted by molar-refractivity contribution is 5.93. The number of aromatic carboxylic acids is 1. The predicted octanol–water partition coefficient (Wildman–Crippen LogP) is 4.98. The third-order valence-electron chi connectivity index (χ3n) is 5.72. The Kier molecular flexibility index (Phi) is 6.47. The minimum Gasteiger partial charge on any atom is -0.497 e. The highest BCUT2D eigenvalue weighted by Crippen LogP contribution is 2.47. The molecule has 0 radical (unpaired) electrons. The van der Waals surface area contributed by atoms with Crippen LogP contribution in [0.4, 0.5) is 5.82 Å². The van der Waals surface area contributed by atoms with Gasteiger partial charge in [0, 0.05) is 17.8 Å². The first-order valence-electron chi connectivity index (χ1n) is 10.5. The van der Waals surface area contributed by atoms with Crippen LogP contribution in [0.3, 0.4) is 0 Å². The molecule has 4 aromatic rings. The second-order valence-electron chi connectivity index (χ2n) is 7.50. The molecule has 0 saturated carbocycles. The first-order chi connectivity index (χ1) is 16.5. The zero-order chi connectivity index (χ0) is 24.1. The number of ether oxygens (including phenoxy) is 2. The van der Waals surface area contributed by atoms with Gasteiger partial charge in [0.1, 0.15) is 22.6 Å². The van der Waals surface area contributed by atoms with Crippen LogP contribution in [0, 0.1) is 0 Å². The zero-order valence-electron chi connectivity index (χ0n) is 18.8. The van der Waals surface area contributed by atoms with E-state index in [-0.39, 0.29) is 11.4 Å². The number of hydrogen-bond donors (Lipinski definition) is 2. The number of aromatic nitrogens is 1. The van der Waals surface area contributed by atoms with Gasteiger partial charge >= 0.3 is 5.97 Å². The number of carboxylic acid groups (broad SMARTS) is 1. The Balaban J connectivity index is 2.15. The van der Waals surface area contributed by atoms with Crippen LogP contribution in [-0.4, -0.2) is 35.5 Å². The minimum atomic E-state index is -1.42. The summed E-state index contributed by atoms with van der Waals surface area (Å²) < 4.78 is 11.1. The summed E-state index contributed by atoms with van der Waals surface area (Å²) in [7, 11) is 3.09. The number of anilines is 1. The number of pyridine rings is 1. The fourth-order valence-electron chi connectivity index (χ4n) is 4.18. The van der Waals surface area contributed by atoms with Gasteiger partial charge in [-0.25, -0.2) is 14.8 Å². The standard InChI is InChI=1S/C27H24N2O5/c1-33-21-15-16-23(24(18-21)34-2)27(19-10-5-3-6-11-19,20-12-7-4-8-13-20)29(32)25-22(26(30)31)14-9-17-28-25/h3-18,32H,1-2H3,(H,30,31). The van der Waals surface area contributed by atoms with Crippen LogP contribution in [-0.2, 0) is 5.54 Å². The summed E-state index contributed by atoms with van der Waals surface area (Å²) in [5.74, 6) is -0.303. The Hall–Kier alpha value is -4.36. The van der Waals surface area contributed by atoms with Gasteiger partial charge < -0.3 is 14.6 Å². The van der Waals surface area contributed by atoms with E-state index in [4.69, 9.17) is 9.47 Å². The van der Waals surface area contributed by atoms with Crippen LogP contribution in [0.1, 0.15) is 27.0 Å². The number of nitrogens with zero attached hydrogens (tertiary/aromatic N) is 2. The Labute approximate surface area is 197 Å². The van der Waals surface area contributed by atoms with Gasteiger partial charge in [0.2, 0.25) is 0 Å². The van der Waals surface area contributed by atoms with Crippen molar-refractivity contribution in [2.24, 2.45) is 0 Å². The number of carbonyl (C=O) groups is 1. The molecule has 1 aromatic heterocycles. The smallest absolute Gasteiger partial charge is 0.339 e. The van der Waals surface area contributed by atoms with Gasteiger partial charge in [0.05, 0.1) is 14.2 Å². The van der Waals surface area contributed by atoms with Gasteiger partial charge in [-0.15, -0.1) is 0 Å². The van der Waals surface area contributed by atoms with Gasteiger partial charge in [-0.05, 0) is 35.4 Å². The fraction of sp³-hybridized carbons (Fsp3) is 0.111. The van der Waals surface area contributed by atoms with E-state index in [1.54, 1.807) is 25.3 Å². The van der Waals surface area contributed by atoms with Crippen LogP contribution < -0.4 is 14.5 Å². The Morgan fingerprint density at radius 2 is 1.47 bits per heavy atom. The van der Waals surface area contributed by atoms with Gasteiger partial charge in [-0.1, -0.05) is 60.7 Å². The first kappa shape index (κ1) is 22.8. The third-order valence-corrected chi connectivity index (χ3v) is 5.72. The average Bonchev–Trinajstić information content (AvgIpc) is 2.90. The molecule has 172 valence electrons. The maximum atomic E-state index is 12.1. The van der Waals surface area contributed by atoms with Crippen molar-refractivity contribution in [1.29, 1.82) is 0 Å². The van der Waals surface area contributed by atoms with Crippen molar-refractivity contribution in [2.75, 3.05) is 19.3 Å². The number of methoxy groups -OCH3 is 2. The van der Waals surface area contributed by atoms with Crippen molar-refractivity contribution < 1.29 is 24.6 Å². The van der Waals surface area contributed by atoms with Crippen molar-refractivity contribution in [3.8, 4) is 11.5 Å². The van der Waals surface area contributed by atoms with Gasteiger partial charge in [0.15, 0.2) is 5.82 Å². The van der Waals surface area contributed by atoms with Crippen molar-refractivity contribution in [1.82, 2.24) is 4.98 Å². The molecule has 0 aliphatic carbocycles. The van der Waals surface area contributed by atoms with E-state index in [9.17, 15) is 15.1 Å². The Morgan fingerprint density at radius 3 is 2.00 bits per heavy atom. The van der Waals surface area contributed by atoms with E-state index in [1.165, 1.54) is 25.4 Å². The van der Waals surface area contributed by atoms with Crippen LogP contribution in [0.2, 0.25) is 0 Å². The lowest BCUT2D eigenvalue weighted by Gasteiger charge is -2.42. The summed E-state index contributed by atoms with van der Waals surface area (Å²) >= 11 is 0. The molecule has 7 heteroatoms. The number of rotatable bonds is 8. The van der Waals surface area contributed by atoms with E-state index >= 15 is 0 Å². The van der Waals surface area contributed by atoms with Crippen molar-refractivity contribution in [3.05, 3.63) is 119 Å². The predicted molar refractivity (Wildman–Crippen MR) is 128 cm³/mol. The van der Waals surface area contributed by atoms with E-state index in [2.05, 4.69) is 4.98 Å². The molecule has 1 heterocycles. The molecule has 3 aromatic carbocycles. The molecular weight excluding hydrogens is 432 g/mol. The highest BCUT2D eigenvalue weighted by atomic mass is 16.5. The van der Waals surface area contributed by atoms with Gasteiger partial charge in [0.25, 0.3) is 0 Å². The number of benzene rings is 3. The van der Waals surface area contributed by atoms with E-state index < -0.39 is 11.5 Å². The number of hydrogen-bond acceptors (Lipinski definition) is 6. The highest BCUT2D eigenvalue weighted by Gasteiger charge is 2.46. The molecule has 0 aliphatic heterocycles. The van der Waals surface area contributed by atoms with E-state index in [0.29, 0.717) is 28.2 Å². The quantitative estimate of drug-likeness (QED) is 0.285. The van der Waals surface area contributed by atoms with Crippen LogP contribution in [0.25, 0.3) is 0 Å². The molecular formula is C27H24N2O5. The second-order valence-corrected chi connectivity index (χ2v) is 7.50. The molecule has 0 spiro atoms. The summed E-state index contributed by atoms with van der Waals surface area (Å²) in [5, 5.41) is 22.7. The molecule has 0 saturated heterocycles. The monoisotopic (exact) mass is 456 g/mol. The Bertz CT molecular complexity index is 1240. The maximum Gasteiger partial charge on any atom is 0.339 e. The van der Waals surface area contributed by atoms with Crippen molar-refractivity contribution in [3.63, 3.8) is 0 Å². The summed E-state index contributed by atoms with van der Waals surface area (Å²) in [6.45, 7) is 0. The average molecular weight is 456 g/mol. The fourth-order valence-corrected chi connectivity index (χ4v) is 4.18. The number of hydroxylamine groups is 1. The molecule has 0 atom stereocenters. The normalized spacial score (nSPS) is 11.0. The molecule has 0 unspecified atom stereocenters. The summed E-state index contributed by atoms with van der Waals surface area (Å²) in [6.07, 6.45) is 1.44. The lowest BCUT2D eigenvalue weighted by Crippen LogP contribution is -2.47. The van der Waals surface area contributed by atoms with Crippen LogP contribution >= 0.6 is 0 Å².